The van der Waals surface area contributed by atoms with Gasteiger partial charge < -0.3 is 15.7 Å². The van der Waals surface area contributed by atoms with Gasteiger partial charge in [-0.3, -0.25) is 9.59 Å². The molecule has 0 radical (unpaired) electrons. The zero-order valence-corrected chi connectivity index (χ0v) is 10.6. The lowest BCUT2D eigenvalue weighted by molar-refractivity contribution is -0.114. The first kappa shape index (κ1) is 13.7. The average molecular weight is 256 g/mol. The molecular weight excluding hydrogens is 240 g/mol. The molecule has 94 valence electrons. The molecule has 5 nitrogen and oxygen atoms in total. The molecule has 17 heavy (non-hydrogen) atoms. The summed E-state index contributed by atoms with van der Waals surface area (Å²) in [6.45, 7) is 3.23. The summed E-state index contributed by atoms with van der Waals surface area (Å²) in [5.41, 5.74) is 0. The lowest BCUT2D eigenvalue weighted by Crippen LogP contribution is -2.36. The van der Waals surface area contributed by atoms with E-state index in [0.29, 0.717) is 16.3 Å². The summed E-state index contributed by atoms with van der Waals surface area (Å²) in [5, 5.41) is 14.9. The molecule has 1 unspecified atom stereocenters. The maximum Gasteiger partial charge on any atom is 0.261 e. The molecule has 1 atom stereocenters. The molecule has 0 aliphatic heterocycles. The lowest BCUT2D eigenvalue weighted by atomic mass is 10.2. The second-order valence-corrected chi connectivity index (χ2v) is 4.69. The van der Waals surface area contributed by atoms with Crippen molar-refractivity contribution >= 4 is 28.2 Å². The smallest absolute Gasteiger partial charge is 0.261 e. The molecule has 0 aromatic carbocycles. The molecule has 0 bridgehead atoms. The highest BCUT2D eigenvalue weighted by Gasteiger charge is 2.13. The molecule has 1 aromatic rings. The van der Waals surface area contributed by atoms with Gasteiger partial charge in [0.1, 0.15) is 0 Å². The van der Waals surface area contributed by atoms with Crippen molar-refractivity contribution in [2.45, 2.75) is 26.3 Å². The Morgan fingerprint density at radius 1 is 1.47 bits per heavy atom. The highest BCUT2D eigenvalue weighted by molar-refractivity contribution is 7.18. The van der Waals surface area contributed by atoms with Crippen LogP contribution in [0.5, 0.6) is 0 Å². The second-order valence-electron chi connectivity index (χ2n) is 3.61. The molecule has 6 heteroatoms. The van der Waals surface area contributed by atoms with E-state index in [4.69, 9.17) is 5.11 Å². The summed E-state index contributed by atoms with van der Waals surface area (Å²) in [4.78, 5) is 23.1. The van der Waals surface area contributed by atoms with Crippen LogP contribution in [-0.4, -0.2) is 29.6 Å². The third-order valence-corrected chi connectivity index (χ3v) is 3.18. The van der Waals surface area contributed by atoms with E-state index in [1.165, 1.54) is 18.3 Å². The van der Waals surface area contributed by atoms with Crippen molar-refractivity contribution in [2.75, 3.05) is 11.9 Å². The van der Waals surface area contributed by atoms with Crippen LogP contribution >= 0.6 is 11.3 Å². The standard InChI is InChI=1S/C11H16N2O3S/c1-3-8(6-14)13-11(16)9-4-5-10(17-9)12-7(2)15/h4-5,8,14H,3,6H2,1-2H3,(H,12,15)(H,13,16). The SMILES string of the molecule is CCC(CO)NC(=O)c1ccc(NC(C)=O)s1. The maximum atomic E-state index is 11.7. The first-order chi connectivity index (χ1) is 8.06. The first-order valence-corrected chi connectivity index (χ1v) is 6.17. The fraction of sp³-hybridized carbons (Fsp3) is 0.455. The Hall–Kier alpha value is -1.40. The minimum absolute atomic E-state index is 0.0772. The summed E-state index contributed by atoms with van der Waals surface area (Å²) in [5.74, 6) is -0.395. The monoisotopic (exact) mass is 256 g/mol. The van der Waals surface area contributed by atoms with E-state index in [9.17, 15) is 9.59 Å². The Labute approximate surface area is 104 Å². The van der Waals surface area contributed by atoms with Crippen molar-refractivity contribution in [3.8, 4) is 0 Å². The van der Waals surface area contributed by atoms with E-state index < -0.39 is 0 Å². The summed E-state index contributed by atoms with van der Waals surface area (Å²) in [6.07, 6.45) is 0.673. The molecule has 1 rings (SSSR count). The van der Waals surface area contributed by atoms with E-state index in [1.54, 1.807) is 12.1 Å². The number of hydrogen-bond donors (Lipinski definition) is 3. The van der Waals surface area contributed by atoms with Gasteiger partial charge in [-0.25, -0.2) is 0 Å². The Bertz CT molecular complexity index is 399. The molecule has 2 amide bonds. The molecule has 0 aliphatic carbocycles. The van der Waals surface area contributed by atoms with Gasteiger partial charge in [-0.2, -0.15) is 0 Å². The number of aliphatic hydroxyl groups excluding tert-OH is 1. The topological polar surface area (TPSA) is 78.4 Å². The molecule has 0 saturated heterocycles. The number of hydrogen-bond acceptors (Lipinski definition) is 4. The van der Waals surface area contributed by atoms with Gasteiger partial charge in [-0.1, -0.05) is 6.92 Å². The summed E-state index contributed by atoms with van der Waals surface area (Å²) >= 11 is 1.21. The van der Waals surface area contributed by atoms with Crippen LogP contribution < -0.4 is 10.6 Å². The van der Waals surface area contributed by atoms with Crippen molar-refractivity contribution in [3.63, 3.8) is 0 Å². The second kappa shape index (κ2) is 6.36. The van der Waals surface area contributed by atoms with Gasteiger partial charge in [0.2, 0.25) is 5.91 Å². The number of anilines is 1. The summed E-state index contributed by atoms with van der Waals surface area (Å²) in [7, 11) is 0. The van der Waals surface area contributed by atoms with Crippen LogP contribution in [0.3, 0.4) is 0 Å². The van der Waals surface area contributed by atoms with Gasteiger partial charge in [0.25, 0.3) is 5.91 Å². The van der Waals surface area contributed by atoms with Crippen molar-refractivity contribution in [1.82, 2.24) is 5.32 Å². The maximum absolute atomic E-state index is 11.7. The summed E-state index contributed by atoms with van der Waals surface area (Å²) in [6, 6.07) is 3.10. The fourth-order valence-electron chi connectivity index (χ4n) is 1.23. The van der Waals surface area contributed by atoms with E-state index in [2.05, 4.69) is 10.6 Å². The third-order valence-electron chi connectivity index (χ3n) is 2.18. The van der Waals surface area contributed by atoms with Gasteiger partial charge >= 0.3 is 0 Å². The number of thiophene rings is 1. The lowest BCUT2D eigenvalue weighted by Gasteiger charge is -2.12. The number of aliphatic hydroxyl groups is 1. The molecule has 3 N–H and O–H groups in total. The molecule has 0 saturated carbocycles. The third kappa shape index (κ3) is 4.16. The largest absolute Gasteiger partial charge is 0.394 e. The van der Waals surface area contributed by atoms with Crippen LogP contribution in [0.25, 0.3) is 0 Å². The summed E-state index contributed by atoms with van der Waals surface area (Å²) < 4.78 is 0. The number of carbonyl (C=O) groups is 2. The molecule has 1 aromatic heterocycles. The zero-order valence-electron chi connectivity index (χ0n) is 9.82. The number of nitrogens with one attached hydrogen (secondary N) is 2. The molecule has 0 spiro atoms. The molecule has 1 heterocycles. The Balaban J connectivity index is 2.63. The predicted molar refractivity (Wildman–Crippen MR) is 67.3 cm³/mol. The minimum atomic E-state index is -0.229. The van der Waals surface area contributed by atoms with E-state index >= 15 is 0 Å². The first-order valence-electron chi connectivity index (χ1n) is 5.36. The Morgan fingerprint density at radius 2 is 2.18 bits per heavy atom. The number of rotatable bonds is 5. The van der Waals surface area contributed by atoms with Crippen LogP contribution in [0.15, 0.2) is 12.1 Å². The van der Waals surface area contributed by atoms with Gasteiger partial charge in [0.15, 0.2) is 0 Å². The van der Waals surface area contributed by atoms with Crippen molar-refractivity contribution in [3.05, 3.63) is 17.0 Å². The van der Waals surface area contributed by atoms with Crippen molar-refractivity contribution in [1.29, 1.82) is 0 Å². The Kier molecular flexibility index (Phi) is 5.11. The molecular formula is C11H16N2O3S. The van der Waals surface area contributed by atoms with Crippen LogP contribution in [0.1, 0.15) is 29.9 Å². The minimum Gasteiger partial charge on any atom is -0.394 e. The van der Waals surface area contributed by atoms with E-state index in [1.807, 2.05) is 6.92 Å². The predicted octanol–water partition coefficient (Wildman–Crippen LogP) is 1.21. The quantitative estimate of drug-likeness (QED) is 0.741. The van der Waals surface area contributed by atoms with Gasteiger partial charge in [0.05, 0.1) is 22.5 Å². The molecule has 0 aliphatic rings. The Morgan fingerprint density at radius 3 is 2.71 bits per heavy atom. The average Bonchev–Trinajstić information content (AvgIpc) is 2.73. The van der Waals surface area contributed by atoms with Crippen molar-refractivity contribution in [2.24, 2.45) is 0 Å². The number of carbonyl (C=O) groups excluding carboxylic acids is 2. The zero-order chi connectivity index (χ0) is 12.8. The van der Waals surface area contributed by atoms with Crippen LogP contribution in [0, 0.1) is 0 Å². The highest BCUT2D eigenvalue weighted by Crippen LogP contribution is 2.21. The van der Waals surface area contributed by atoms with Gasteiger partial charge in [-0.05, 0) is 18.6 Å². The normalized spacial score (nSPS) is 11.9. The van der Waals surface area contributed by atoms with Gasteiger partial charge in [-0.15, -0.1) is 11.3 Å². The van der Waals surface area contributed by atoms with E-state index in [0.717, 1.165) is 0 Å². The van der Waals surface area contributed by atoms with Gasteiger partial charge in [0, 0.05) is 6.92 Å². The van der Waals surface area contributed by atoms with Crippen LogP contribution in [0.4, 0.5) is 5.00 Å². The van der Waals surface area contributed by atoms with Crippen LogP contribution in [-0.2, 0) is 4.79 Å². The van der Waals surface area contributed by atoms with Crippen LogP contribution in [0.2, 0.25) is 0 Å². The molecule has 0 fully saturated rings. The number of amides is 2. The fourth-order valence-corrected chi connectivity index (χ4v) is 2.09. The highest BCUT2D eigenvalue weighted by atomic mass is 32.1. The van der Waals surface area contributed by atoms with E-state index in [-0.39, 0.29) is 24.5 Å². The van der Waals surface area contributed by atoms with Crippen molar-refractivity contribution < 1.29 is 14.7 Å².